The van der Waals surface area contributed by atoms with Crippen LogP contribution in [0.2, 0.25) is 0 Å². The van der Waals surface area contributed by atoms with Gasteiger partial charge in [0.25, 0.3) is 5.91 Å². The zero-order chi connectivity index (χ0) is 16.4. The molecule has 1 fully saturated rings. The lowest BCUT2D eigenvalue weighted by molar-refractivity contribution is 0.0938. The summed E-state index contributed by atoms with van der Waals surface area (Å²) in [6.45, 7) is 4.86. The molecule has 9 heteroatoms. The molecule has 0 bridgehead atoms. The minimum Gasteiger partial charge on any atom is -0.342 e. The van der Waals surface area contributed by atoms with Crippen molar-refractivity contribution in [1.82, 2.24) is 31.3 Å². The Morgan fingerprint density at radius 1 is 1.43 bits per heavy atom. The number of carbonyl (C=O) groups is 2. The van der Waals surface area contributed by atoms with E-state index in [0.29, 0.717) is 24.5 Å². The molecule has 3 N–H and O–H groups in total. The van der Waals surface area contributed by atoms with Crippen molar-refractivity contribution in [2.75, 3.05) is 18.0 Å². The molecule has 0 saturated carbocycles. The van der Waals surface area contributed by atoms with Crippen molar-refractivity contribution in [2.24, 2.45) is 0 Å². The fourth-order valence-electron chi connectivity index (χ4n) is 2.44. The summed E-state index contributed by atoms with van der Waals surface area (Å²) in [5.41, 5.74) is 2.14. The van der Waals surface area contributed by atoms with Gasteiger partial charge in [-0.2, -0.15) is 5.21 Å². The van der Waals surface area contributed by atoms with Crippen LogP contribution >= 0.6 is 0 Å². The van der Waals surface area contributed by atoms with E-state index in [4.69, 9.17) is 0 Å². The molecule has 1 saturated heterocycles. The Morgan fingerprint density at radius 3 is 2.91 bits per heavy atom. The molecule has 1 aliphatic heterocycles. The molecule has 1 aliphatic rings. The number of aromatic amines is 1. The van der Waals surface area contributed by atoms with Crippen LogP contribution in [0.25, 0.3) is 0 Å². The lowest BCUT2D eigenvalue weighted by Gasteiger charge is -2.18. The standard InChI is InChI=1S/C14H17N7O2/c1-8-3-4-10(7-11(8)21-6-5-15-14(21)23)13(22)16-9(2)12-17-19-20-18-12/h3-4,7,9H,5-6H2,1-2H3,(H,15,23)(H,16,22)(H,17,18,19,20)/t9-/m0/s1. The molecule has 1 atom stereocenters. The molecule has 23 heavy (non-hydrogen) atoms. The first kappa shape index (κ1) is 14.9. The molecule has 0 radical (unpaired) electrons. The number of hydrogen-bond acceptors (Lipinski definition) is 5. The molecule has 1 aromatic carbocycles. The second kappa shape index (κ2) is 6.03. The second-order valence-corrected chi connectivity index (χ2v) is 5.35. The molecular weight excluding hydrogens is 298 g/mol. The lowest BCUT2D eigenvalue weighted by atomic mass is 10.1. The summed E-state index contributed by atoms with van der Waals surface area (Å²) in [7, 11) is 0. The second-order valence-electron chi connectivity index (χ2n) is 5.35. The Kier molecular flexibility index (Phi) is 3.92. The van der Waals surface area contributed by atoms with Crippen LogP contribution in [-0.2, 0) is 0 Å². The Balaban J connectivity index is 1.80. The van der Waals surface area contributed by atoms with Gasteiger partial charge in [-0.05, 0) is 31.5 Å². The van der Waals surface area contributed by atoms with Crippen LogP contribution in [0.15, 0.2) is 18.2 Å². The number of nitrogens with one attached hydrogen (secondary N) is 3. The SMILES string of the molecule is Cc1ccc(C(=O)N[C@@H](C)c2nn[nH]n2)cc1N1CCNC1=O. The van der Waals surface area contributed by atoms with Gasteiger partial charge in [-0.15, -0.1) is 10.2 Å². The fraction of sp³-hybridized carbons (Fsp3) is 0.357. The van der Waals surface area contributed by atoms with E-state index >= 15 is 0 Å². The summed E-state index contributed by atoms with van der Waals surface area (Å²) < 4.78 is 0. The van der Waals surface area contributed by atoms with E-state index < -0.39 is 0 Å². The first-order valence-electron chi connectivity index (χ1n) is 7.26. The number of amides is 3. The summed E-state index contributed by atoms with van der Waals surface area (Å²) in [5, 5.41) is 19.1. The number of aromatic nitrogens is 4. The number of benzene rings is 1. The average molecular weight is 315 g/mol. The molecule has 0 spiro atoms. The number of hydrogen-bond donors (Lipinski definition) is 3. The predicted octanol–water partition coefficient (Wildman–Crippen LogP) is 0.529. The molecule has 0 unspecified atom stereocenters. The van der Waals surface area contributed by atoms with Crippen LogP contribution in [0.4, 0.5) is 10.5 Å². The first-order valence-corrected chi connectivity index (χ1v) is 7.26. The molecule has 0 aliphatic carbocycles. The van der Waals surface area contributed by atoms with Crippen LogP contribution < -0.4 is 15.5 Å². The number of aryl methyl sites for hydroxylation is 1. The predicted molar refractivity (Wildman–Crippen MR) is 82.0 cm³/mol. The third kappa shape index (κ3) is 2.98. The summed E-state index contributed by atoms with van der Waals surface area (Å²) in [4.78, 5) is 25.9. The van der Waals surface area contributed by atoms with E-state index in [1.54, 1.807) is 24.0 Å². The van der Waals surface area contributed by atoms with Gasteiger partial charge in [0, 0.05) is 24.3 Å². The van der Waals surface area contributed by atoms with Gasteiger partial charge in [0.05, 0.1) is 6.04 Å². The van der Waals surface area contributed by atoms with Crippen molar-refractivity contribution < 1.29 is 9.59 Å². The largest absolute Gasteiger partial charge is 0.342 e. The number of tetrazole rings is 1. The maximum Gasteiger partial charge on any atom is 0.322 e. The first-order chi connectivity index (χ1) is 11.1. The molecule has 1 aromatic heterocycles. The molecule has 3 amide bonds. The van der Waals surface area contributed by atoms with Gasteiger partial charge in [0.1, 0.15) is 0 Å². The smallest absolute Gasteiger partial charge is 0.322 e. The van der Waals surface area contributed by atoms with Crippen molar-refractivity contribution in [3.05, 3.63) is 35.2 Å². The summed E-state index contributed by atoms with van der Waals surface area (Å²) >= 11 is 0. The number of rotatable bonds is 4. The molecule has 2 heterocycles. The van der Waals surface area contributed by atoms with E-state index in [9.17, 15) is 9.59 Å². The van der Waals surface area contributed by atoms with Crippen molar-refractivity contribution in [3.63, 3.8) is 0 Å². The number of nitrogens with zero attached hydrogens (tertiary/aromatic N) is 4. The Hall–Kier alpha value is -2.97. The highest BCUT2D eigenvalue weighted by Gasteiger charge is 2.24. The number of urea groups is 1. The minimum absolute atomic E-state index is 0.147. The highest BCUT2D eigenvalue weighted by Crippen LogP contribution is 2.23. The number of carbonyl (C=O) groups excluding carboxylic acids is 2. The summed E-state index contributed by atoms with van der Waals surface area (Å²) in [6.07, 6.45) is 0. The van der Waals surface area contributed by atoms with E-state index in [1.807, 2.05) is 13.0 Å². The third-order valence-electron chi connectivity index (χ3n) is 3.72. The van der Waals surface area contributed by atoms with E-state index in [1.165, 1.54) is 0 Å². The summed E-state index contributed by atoms with van der Waals surface area (Å²) in [5.74, 6) is 0.146. The van der Waals surface area contributed by atoms with Crippen LogP contribution in [0.1, 0.15) is 34.7 Å². The third-order valence-corrected chi connectivity index (χ3v) is 3.72. The van der Waals surface area contributed by atoms with Crippen LogP contribution in [0.3, 0.4) is 0 Å². The minimum atomic E-state index is -0.374. The molecule has 9 nitrogen and oxygen atoms in total. The van der Waals surface area contributed by atoms with Gasteiger partial charge >= 0.3 is 6.03 Å². The van der Waals surface area contributed by atoms with E-state index in [2.05, 4.69) is 31.3 Å². The Bertz CT molecular complexity index is 729. The molecule has 3 rings (SSSR count). The molecule has 120 valence electrons. The van der Waals surface area contributed by atoms with Gasteiger partial charge in [-0.25, -0.2) is 4.79 Å². The zero-order valence-electron chi connectivity index (χ0n) is 12.8. The van der Waals surface area contributed by atoms with Crippen molar-refractivity contribution in [1.29, 1.82) is 0 Å². The van der Waals surface area contributed by atoms with Gasteiger partial charge in [-0.3, -0.25) is 9.69 Å². The maximum atomic E-state index is 12.4. The number of H-pyrrole nitrogens is 1. The number of anilines is 1. The monoisotopic (exact) mass is 315 g/mol. The van der Waals surface area contributed by atoms with E-state index in [0.717, 1.165) is 11.3 Å². The Labute approximate surface area is 132 Å². The van der Waals surface area contributed by atoms with Crippen molar-refractivity contribution in [3.8, 4) is 0 Å². The highest BCUT2D eigenvalue weighted by molar-refractivity contribution is 5.99. The fourth-order valence-corrected chi connectivity index (χ4v) is 2.44. The zero-order valence-corrected chi connectivity index (χ0v) is 12.8. The summed E-state index contributed by atoms with van der Waals surface area (Å²) in [6, 6.07) is 4.75. The average Bonchev–Trinajstić information content (AvgIpc) is 3.19. The van der Waals surface area contributed by atoms with Gasteiger partial charge in [0.15, 0.2) is 5.82 Å². The molecule has 2 aromatic rings. The van der Waals surface area contributed by atoms with Crippen molar-refractivity contribution >= 4 is 17.6 Å². The molecular formula is C14H17N7O2. The topological polar surface area (TPSA) is 116 Å². The maximum absolute atomic E-state index is 12.4. The highest BCUT2D eigenvalue weighted by atomic mass is 16.2. The lowest BCUT2D eigenvalue weighted by Crippen LogP contribution is -2.30. The van der Waals surface area contributed by atoms with Gasteiger partial charge in [0.2, 0.25) is 0 Å². The van der Waals surface area contributed by atoms with Gasteiger partial charge < -0.3 is 10.6 Å². The Morgan fingerprint density at radius 2 is 2.26 bits per heavy atom. The van der Waals surface area contributed by atoms with Crippen LogP contribution in [0, 0.1) is 6.92 Å². The van der Waals surface area contributed by atoms with Crippen LogP contribution in [0.5, 0.6) is 0 Å². The van der Waals surface area contributed by atoms with Gasteiger partial charge in [-0.1, -0.05) is 11.3 Å². The van der Waals surface area contributed by atoms with E-state index in [-0.39, 0.29) is 18.0 Å². The normalized spacial score (nSPS) is 15.4. The van der Waals surface area contributed by atoms with Crippen molar-refractivity contribution in [2.45, 2.75) is 19.9 Å². The van der Waals surface area contributed by atoms with Crippen LogP contribution in [-0.4, -0.2) is 45.7 Å². The quantitative estimate of drug-likeness (QED) is 0.761.